The lowest BCUT2D eigenvalue weighted by atomic mass is 9.82. The number of anilines is 1. The van der Waals surface area contributed by atoms with Crippen LogP contribution in [0, 0.1) is 17.2 Å². The van der Waals surface area contributed by atoms with E-state index >= 15 is 0 Å². The van der Waals surface area contributed by atoms with Crippen LogP contribution in [0.4, 0.5) is 5.69 Å². The van der Waals surface area contributed by atoms with Crippen LogP contribution in [-0.4, -0.2) is 6.04 Å². The van der Waals surface area contributed by atoms with Gasteiger partial charge in [0.05, 0.1) is 11.5 Å². The van der Waals surface area contributed by atoms with Gasteiger partial charge in [-0.3, -0.25) is 0 Å². The molecule has 1 aliphatic carbocycles. The quantitative estimate of drug-likeness (QED) is 0.847. The van der Waals surface area contributed by atoms with Crippen LogP contribution in [0.5, 0.6) is 0 Å². The van der Waals surface area contributed by atoms with Crippen LogP contribution in [-0.2, 0) is 5.41 Å². The smallest absolute Gasteiger partial charge is 0.0766 e. The van der Waals surface area contributed by atoms with Crippen molar-refractivity contribution in [2.24, 2.45) is 5.92 Å². The topological polar surface area (TPSA) is 35.8 Å². The van der Waals surface area contributed by atoms with Gasteiger partial charge in [0.25, 0.3) is 0 Å². The molecule has 0 bridgehead atoms. The number of hydrogen-bond donors (Lipinski definition) is 1. The molecule has 1 N–H and O–H groups in total. The summed E-state index contributed by atoms with van der Waals surface area (Å²) in [6.45, 7) is 6.22. The summed E-state index contributed by atoms with van der Waals surface area (Å²) in [4.78, 5) is 0. The first-order valence-electron chi connectivity index (χ1n) is 7.85. The molecule has 0 aromatic heterocycles. The van der Waals surface area contributed by atoms with Gasteiger partial charge in [-0.1, -0.05) is 38.3 Å². The fraction of sp³-hybridized carbons (Fsp3) is 0.611. The molecule has 2 atom stereocenters. The van der Waals surface area contributed by atoms with Gasteiger partial charge in [-0.2, -0.15) is 5.26 Å². The second-order valence-corrected chi connectivity index (χ2v) is 6.52. The Hall–Kier alpha value is -1.49. The number of nitriles is 1. The third-order valence-electron chi connectivity index (χ3n) is 4.67. The molecule has 1 aromatic rings. The molecule has 2 nitrogen and oxygen atoms in total. The average Bonchev–Trinajstić information content (AvgIpc) is 2.48. The van der Waals surface area contributed by atoms with Crippen LogP contribution in [0.1, 0.15) is 58.4 Å². The Morgan fingerprint density at radius 1 is 1.20 bits per heavy atom. The van der Waals surface area contributed by atoms with Crippen molar-refractivity contribution in [1.29, 1.82) is 5.26 Å². The molecule has 2 heteroatoms. The molecule has 1 aromatic carbocycles. The van der Waals surface area contributed by atoms with Gasteiger partial charge in [-0.25, -0.2) is 0 Å². The average molecular weight is 270 g/mol. The maximum atomic E-state index is 9.18. The van der Waals surface area contributed by atoms with E-state index in [0.29, 0.717) is 6.04 Å². The predicted octanol–water partition coefficient (Wildman–Crippen LogP) is 4.87. The zero-order valence-electron chi connectivity index (χ0n) is 12.9. The molecule has 2 unspecified atom stereocenters. The standard InChI is InChI=1S/C18H26N2/c1-4-14-7-5-6-8-17(14)20-16-11-9-15(10-12-16)18(2,3)13-19/h9-12,14,17,20H,4-8H2,1-3H3. The lowest BCUT2D eigenvalue weighted by molar-refractivity contribution is 0.317. The monoisotopic (exact) mass is 270 g/mol. The highest BCUT2D eigenvalue weighted by atomic mass is 14.9. The molecule has 0 spiro atoms. The van der Waals surface area contributed by atoms with Gasteiger partial charge in [0.2, 0.25) is 0 Å². The predicted molar refractivity (Wildman–Crippen MR) is 84.7 cm³/mol. The van der Waals surface area contributed by atoms with E-state index in [1.807, 2.05) is 13.8 Å². The van der Waals surface area contributed by atoms with Crippen LogP contribution in [0.3, 0.4) is 0 Å². The van der Waals surface area contributed by atoms with E-state index in [4.69, 9.17) is 0 Å². The van der Waals surface area contributed by atoms with E-state index in [9.17, 15) is 5.26 Å². The van der Waals surface area contributed by atoms with Crippen molar-refractivity contribution in [1.82, 2.24) is 0 Å². The van der Waals surface area contributed by atoms with E-state index in [2.05, 4.69) is 42.6 Å². The highest BCUT2D eigenvalue weighted by Gasteiger charge is 2.24. The Labute approximate surface area is 123 Å². The molecule has 20 heavy (non-hydrogen) atoms. The van der Waals surface area contributed by atoms with Crippen molar-refractivity contribution in [2.45, 2.75) is 64.3 Å². The fourth-order valence-corrected chi connectivity index (χ4v) is 3.15. The van der Waals surface area contributed by atoms with E-state index in [0.717, 1.165) is 11.5 Å². The first-order valence-corrected chi connectivity index (χ1v) is 7.85. The number of rotatable bonds is 4. The summed E-state index contributed by atoms with van der Waals surface area (Å²) >= 11 is 0. The molecule has 1 fully saturated rings. The van der Waals surface area contributed by atoms with Gasteiger partial charge in [-0.15, -0.1) is 0 Å². The summed E-state index contributed by atoms with van der Waals surface area (Å²) in [7, 11) is 0. The molecular weight excluding hydrogens is 244 g/mol. The summed E-state index contributed by atoms with van der Waals surface area (Å²) < 4.78 is 0. The van der Waals surface area contributed by atoms with Crippen molar-refractivity contribution in [3.05, 3.63) is 29.8 Å². The molecule has 1 aliphatic rings. The zero-order valence-corrected chi connectivity index (χ0v) is 12.9. The Bertz CT molecular complexity index is 467. The highest BCUT2D eigenvalue weighted by Crippen LogP contribution is 2.30. The molecular formula is C18H26N2. The van der Waals surface area contributed by atoms with Crippen LogP contribution in [0.2, 0.25) is 0 Å². The van der Waals surface area contributed by atoms with Crippen molar-refractivity contribution in [2.75, 3.05) is 5.32 Å². The molecule has 0 radical (unpaired) electrons. The minimum Gasteiger partial charge on any atom is -0.382 e. The molecule has 2 rings (SSSR count). The molecule has 0 amide bonds. The van der Waals surface area contributed by atoms with Crippen molar-refractivity contribution < 1.29 is 0 Å². The summed E-state index contributed by atoms with van der Waals surface area (Å²) in [6.07, 6.45) is 6.62. The van der Waals surface area contributed by atoms with Crippen molar-refractivity contribution >= 4 is 5.69 Å². The molecule has 0 saturated heterocycles. The van der Waals surface area contributed by atoms with Crippen LogP contribution < -0.4 is 5.32 Å². The Kier molecular flexibility index (Phi) is 4.70. The minimum absolute atomic E-state index is 0.407. The minimum atomic E-state index is -0.407. The number of nitrogens with one attached hydrogen (secondary N) is 1. The Morgan fingerprint density at radius 2 is 1.85 bits per heavy atom. The third-order valence-corrected chi connectivity index (χ3v) is 4.67. The Balaban J connectivity index is 2.05. The second kappa shape index (κ2) is 6.31. The van der Waals surface area contributed by atoms with Gasteiger partial charge in [0, 0.05) is 11.7 Å². The lowest BCUT2D eigenvalue weighted by Crippen LogP contribution is -2.31. The first kappa shape index (κ1) is 14.9. The number of nitrogens with zero attached hydrogens (tertiary/aromatic N) is 1. The fourth-order valence-electron chi connectivity index (χ4n) is 3.15. The third kappa shape index (κ3) is 3.33. The summed E-state index contributed by atoms with van der Waals surface area (Å²) in [5, 5.41) is 12.9. The Morgan fingerprint density at radius 3 is 2.45 bits per heavy atom. The molecule has 1 saturated carbocycles. The maximum absolute atomic E-state index is 9.18. The zero-order chi connectivity index (χ0) is 14.6. The highest BCUT2D eigenvalue weighted by molar-refractivity contribution is 5.47. The summed E-state index contributed by atoms with van der Waals surface area (Å²) in [6, 6.07) is 11.4. The molecule has 0 aliphatic heterocycles. The van der Waals surface area contributed by atoms with Crippen LogP contribution in [0.25, 0.3) is 0 Å². The van der Waals surface area contributed by atoms with Gasteiger partial charge >= 0.3 is 0 Å². The largest absolute Gasteiger partial charge is 0.382 e. The van der Waals surface area contributed by atoms with Crippen LogP contribution >= 0.6 is 0 Å². The van der Waals surface area contributed by atoms with E-state index in [-0.39, 0.29) is 0 Å². The van der Waals surface area contributed by atoms with Gasteiger partial charge < -0.3 is 5.32 Å². The normalized spacial score (nSPS) is 23.1. The van der Waals surface area contributed by atoms with Crippen LogP contribution in [0.15, 0.2) is 24.3 Å². The molecule has 0 heterocycles. The van der Waals surface area contributed by atoms with Gasteiger partial charge in [0.15, 0.2) is 0 Å². The van der Waals surface area contributed by atoms with Gasteiger partial charge in [-0.05, 0) is 50.3 Å². The number of benzene rings is 1. The summed E-state index contributed by atoms with van der Waals surface area (Å²) in [5.74, 6) is 0.805. The molecule has 108 valence electrons. The van der Waals surface area contributed by atoms with E-state index in [1.54, 1.807) is 0 Å². The number of hydrogen-bond acceptors (Lipinski definition) is 2. The first-order chi connectivity index (χ1) is 9.56. The van der Waals surface area contributed by atoms with E-state index < -0.39 is 5.41 Å². The lowest BCUT2D eigenvalue weighted by Gasteiger charge is -2.32. The van der Waals surface area contributed by atoms with E-state index in [1.165, 1.54) is 37.8 Å². The van der Waals surface area contributed by atoms with Crippen molar-refractivity contribution in [3.8, 4) is 6.07 Å². The van der Waals surface area contributed by atoms with Gasteiger partial charge in [0.1, 0.15) is 0 Å². The summed E-state index contributed by atoms with van der Waals surface area (Å²) in [5.41, 5.74) is 1.86. The van der Waals surface area contributed by atoms with Crippen molar-refractivity contribution in [3.63, 3.8) is 0 Å². The maximum Gasteiger partial charge on any atom is 0.0766 e. The SMILES string of the molecule is CCC1CCCCC1Nc1ccc(C(C)(C)C#N)cc1. The second-order valence-electron chi connectivity index (χ2n) is 6.52.